The van der Waals surface area contributed by atoms with E-state index in [1.54, 1.807) is 7.05 Å². The van der Waals surface area contributed by atoms with Gasteiger partial charge in [0, 0.05) is 32.7 Å². The van der Waals surface area contributed by atoms with E-state index in [9.17, 15) is 4.79 Å². The van der Waals surface area contributed by atoms with E-state index >= 15 is 0 Å². The number of carbonyl (C=O) groups is 1. The Morgan fingerprint density at radius 3 is 2.89 bits per heavy atom. The molecule has 2 rings (SSSR count). The maximum atomic E-state index is 12.3. The number of piperazine rings is 1. The highest BCUT2D eigenvalue weighted by Gasteiger charge is 2.28. The van der Waals surface area contributed by atoms with Crippen LogP contribution in [0.1, 0.15) is 23.1 Å². The fraction of sp³-hybridized carbons (Fsp3) is 0.727. The predicted molar refractivity (Wildman–Crippen MR) is 72.1 cm³/mol. The first kappa shape index (κ1) is 13.2. The van der Waals surface area contributed by atoms with Gasteiger partial charge >= 0.3 is 0 Å². The van der Waals surface area contributed by atoms with Crippen molar-refractivity contribution in [2.45, 2.75) is 19.4 Å². The minimum absolute atomic E-state index is 0.000509. The van der Waals surface area contributed by atoms with Gasteiger partial charge in [0.1, 0.15) is 0 Å². The van der Waals surface area contributed by atoms with Gasteiger partial charge in [-0.05, 0) is 13.5 Å². The minimum atomic E-state index is 0.000509. The van der Waals surface area contributed by atoms with Crippen LogP contribution in [0.2, 0.25) is 0 Å². The predicted octanol–water partition coefficient (Wildman–Crippen LogP) is 0.746. The summed E-state index contributed by atoms with van der Waals surface area (Å²) < 4.78 is 0. The van der Waals surface area contributed by atoms with Crippen molar-refractivity contribution in [2.75, 3.05) is 39.0 Å². The van der Waals surface area contributed by atoms with E-state index in [1.807, 2.05) is 4.90 Å². The third-order valence-electron chi connectivity index (χ3n) is 3.36. The maximum absolute atomic E-state index is 12.3. The van der Waals surface area contributed by atoms with Gasteiger partial charge < -0.3 is 10.2 Å². The molecule has 100 valence electrons. The van der Waals surface area contributed by atoms with Gasteiger partial charge in [0.05, 0.1) is 0 Å². The van der Waals surface area contributed by atoms with Crippen LogP contribution in [0.3, 0.4) is 0 Å². The van der Waals surface area contributed by atoms with Crippen molar-refractivity contribution < 1.29 is 4.79 Å². The molecule has 0 aliphatic carbocycles. The molecule has 1 aromatic heterocycles. The zero-order chi connectivity index (χ0) is 13.1. The molecule has 1 saturated heterocycles. The lowest BCUT2D eigenvalue weighted by Crippen LogP contribution is -2.52. The van der Waals surface area contributed by atoms with Crippen LogP contribution in [0.5, 0.6) is 0 Å². The molecule has 7 heteroatoms. The quantitative estimate of drug-likeness (QED) is 0.877. The normalized spacial score (nSPS) is 21.1. The monoisotopic (exact) mass is 269 g/mol. The molecule has 1 aliphatic rings. The van der Waals surface area contributed by atoms with Crippen LogP contribution >= 0.6 is 11.3 Å². The maximum Gasteiger partial charge on any atom is 0.285 e. The fourth-order valence-corrected chi connectivity index (χ4v) is 2.78. The van der Waals surface area contributed by atoms with Crippen molar-refractivity contribution in [1.29, 1.82) is 0 Å². The second-order valence-electron chi connectivity index (χ2n) is 4.46. The van der Waals surface area contributed by atoms with E-state index in [0.29, 0.717) is 16.2 Å². The van der Waals surface area contributed by atoms with Crippen LogP contribution in [0.15, 0.2) is 0 Å². The molecular formula is C11H19N5OS. The number of likely N-dealkylation sites (N-methyl/N-ethyl adjacent to an activating group) is 1. The molecule has 1 aliphatic heterocycles. The van der Waals surface area contributed by atoms with E-state index in [0.717, 1.165) is 26.1 Å². The molecule has 0 saturated carbocycles. The Morgan fingerprint density at radius 1 is 1.50 bits per heavy atom. The molecule has 0 bridgehead atoms. The highest BCUT2D eigenvalue weighted by Crippen LogP contribution is 2.18. The van der Waals surface area contributed by atoms with E-state index in [1.165, 1.54) is 11.3 Å². The summed E-state index contributed by atoms with van der Waals surface area (Å²) in [7, 11) is 3.89. The van der Waals surface area contributed by atoms with Gasteiger partial charge in [-0.25, -0.2) is 0 Å². The summed E-state index contributed by atoms with van der Waals surface area (Å²) in [6, 6.07) is 0.444. The fourth-order valence-electron chi connectivity index (χ4n) is 2.12. The number of amides is 1. The third-order valence-corrected chi connectivity index (χ3v) is 4.29. The van der Waals surface area contributed by atoms with Crippen molar-refractivity contribution in [3.63, 3.8) is 0 Å². The van der Waals surface area contributed by atoms with E-state index < -0.39 is 0 Å². The Labute approximate surface area is 111 Å². The summed E-state index contributed by atoms with van der Waals surface area (Å²) in [5.41, 5.74) is 0. The molecule has 0 spiro atoms. The van der Waals surface area contributed by atoms with Gasteiger partial charge in [-0.3, -0.25) is 9.69 Å². The molecule has 1 fully saturated rings. The molecule has 0 aromatic carbocycles. The smallest absolute Gasteiger partial charge is 0.285 e. The number of nitrogens with zero attached hydrogens (tertiary/aromatic N) is 4. The average Bonchev–Trinajstić information content (AvgIpc) is 2.87. The zero-order valence-corrected chi connectivity index (χ0v) is 11.8. The Bertz CT molecular complexity index is 421. The Morgan fingerprint density at radius 2 is 2.28 bits per heavy atom. The average molecular weight is 269 g/mol. The van der Waals surface area contributed by atoms with E-state index in [4.69, 9.17) is 0 Å². The molecule has 1 atom stereocenters. The minimum Gasteiger partial charge on any atom is -0.363 e. The van der Waals surface area contributed by atoms with Crippen molar-refractivity contribution in [3.05, 3.63) is 5.01 Å². The number of anilines is 1. The summed E-state index contributed by atoms with van der Waals surface area (Å²) in [5, 5.41) is 11.9. The highest BCUT2D eigenvalue weighted by atomic mass is 32.1. The Kier molecular flexibility index (Phi) is 4.13. The van der Waals surface area contributed by atoms with Crippen LogP contribution < -0.4 is 5.32 Å². The van der Waals surface area contributed by atoms with Gasteiger partial charge in [0.15, 0.2) is 0 Å². The van der Waals surface area contributed by atoms with Crippen molar-refractivity contribution in [2.24, 2.45) is 0 Å². The Hall–Kier alpha value is -1.21. The second-order valence-corrected chi connectivity index (χ2v) is 5.43. The standard InChI is InChI=1S/C11H19N5OS/c1-4-8-7-16(6-5-15(8)3)10(17)9-13-14-11(12-2)18-9/h8H,4-7H2,1-3H3,(H,12,14). The van der Waals surface area contributed by atoms with Gasteiger partial charge in [0.2, 0.25) is 10.1 Å². The van der Waals surface area contributed by atoms with Crippen molar-refractivity contribution in [1.82, 2.24) is 20.0 Å². The lowest BCUT2D eigenvalue weighted by atomic mass is 10.1. The van der Waals surface area contributed by atoms with Crippen molar-refractivity contribution in [3.8, 4) is 0 Å². The first-order valence-corrected chi connectivity index (χ1v) is 6.98. The topological polar surface area (TPSA) is 61.4 Å². The van der Waals surface area contributed by atoms with Gasteiger partial charge in [-0.2, -0.15) is 0 Å². The van der Waals surface area contributed by atoms with Crippen LogP contribution in [0.4, 0.5) is 5.13 Å². The Balaban J connectivity index is 2.05. The summed E-state index contributed by atoms with van der Waals surface area (Å²) in [6.07, 6.45) is 1.05. The molecule has 1 unspecified atom stereocenters. The number of hydrogen-bond donors (Lipinski definition) is 1. The number of nitrogens with one attached hydrogen (secondary N) is 1. The zero-order valence-electron chi connectivity index (χ0n) is 11.0. The number of aromatic nitrogens is 2. The first-order valence-electron chi connectivity index (χ1n) is 6.16. The number of hydrogen-bond acceptors (Lipinski definition) is 6. The highest BCUT2D eigenvalue weighted by molar-refractivity contribution is 7.17. The van der Waals surface area contributed by atoms with E-state index in [2.05, 4.69) is 34.4 Å². The summed E-state index contributed by atoms with van der Waals surface area (Å²) in [4.78, 5) is 16.5. The summed E-state index contributed by atoms with van der Waals surface area (Å²) >= 11 is 1.31. The molecule has 0 radical (unpaired) electrons. The molecule has 1 aromatic rings. The van der Waals surface area contributed by atoms with Crippen molar-refractivity contribution >= 4 is 22.4 Å². The first-order chi connectivity index (χ1) is 8.65. The van der Waals surface area contributed by atoms with Gasteiger partial charge in [-0.1, -0.05) is 18.3 Å². The van der Waals surface area contributed by atoms with Crippen LogP contribution in [-0.2, 0) is 0 Å². The second kappa shape index (κ2) is 5.62. The summed E-state index contributed by atoms with van der Waals surface area (Å²) in [6.45, 7) is 4.61. The number of carbonyl (C=O) groups excluding carboxylic acids is 1. The number of rotatable bonds is 3. The SMILES string of the molecule is CCC1CN(C(=O)c2nnc(NC)s2)CCN1C. The van der Waals surface area contributed by atoms with Crippen LogP contribution in [-0.4, -0.2) is 65.7 Å². The lowest BCUT2D eigenvalue weighted by Gasteiger charge is -2.38. The van der Waals surface area contributed by atoms with E-state index in [-0.39, 0.29) is 5.91 Å². The van der Waals surface area contributed by atoms with Crippen LogP contribution in [0, 0.1) is 0 Å². The van der Waals surface area contributed by atoms with Crippen LogP contribution in [0.25, 0.3) is 0 Å². The molecule has 1 amide bonds. The molecule has 6 nitrogen and oxygen atoms in total. The third kappa shape index (κ3) is 2.62. The molecule has 2 heterocycles. The van der Waals surface area contributed by atoms with Gasteiger partial charge in [0.25, 0.3) is 5.91 Å². The van der Waals surface area contributed by atoms with Gasteiger partial charge in [-0.15, -0.1) is 10.2 Å². The lowest BCUT2D eigenvalue weighted by molar-refractivity contribution is 0.0541. The molecular weight excluding hydrogens is 250 g/mol. The molecule has 18 heavy (non-hydrogen) atoms. The molecule has 1 N–H and O–H groups in total. The largest absolute Gasteiger partial charge is 0.363 e. The summed E-state index contributed by atoms with van der Waals surface area (Å²) in [5.74, 6) is 0.000509.